The molecule has 0 bridgehead atoms. The highest BCUT2D eigenvalue weighted by Crippen LogP contribution is 2.21. The minimum Gasteiger partial charge on any atom is -0.179 e. The van der Waals surface area contributed by atoms with Gasteiger partial charge >= 0.3 is 0 Å². The highest BCUT2D eigenvalue weighted by molar-refractivity contribution is 9.10. The Balaban J connectivity index is 2.20. The smallest absolute Gasteiger partial charge is 0.0181 e. The summed E-state index contributed by atoms with van der Waals surface area (Å²) in [6.45, 7) is 0. The minimum atomic E-state index is 0.987. The molecule has 0 spiro atoms. The van der Waals surface area contributed by atoms with Crippen LogP contribution in [0.2, 0.25) is 0 Å². The first-order chi connectivity index (χ1) is 7.79. The summed E-state index contributed by atoms with van der Waals surface area (Å²) in [4.78, 5) is 0. The lowest BCUT2D eigenvalue weighted by atomic mass is 10.0. The van der Waals surface area contributed by atoms with Crippen molar-refractivity contribution in [2.24, 2.45) is 0 Å². The first-order valence-electron chi connectivity index (χ1n) is 5.58. The molecule has 2 aromatic rings. The van der Waals surface area contributed by atoms with Crippen LogP contribution in [0.1, 0.15) is 18.4 Å². The molecule has 0 heterocycles. The molecular weight excluding hydrogens is 280 g/mol. The molecule has 0 N–H and O–H groups in total. The van der Waals surface area contributed by atoms with Crippen molar-refractivity contribution in [2.45, 2.75) is 19.3 Å². The van der Waals surface area contributed by atoms with Crippen LogP contribution in [0, 0.1) is 0 Å². The predicted octanol–water partition coefficient (Wildman–Crippen LogP) is 4.85. The lowest BCUT2D eigenvalue weighted by Gasteiger charge is -2.04. The SMILES string of the molecule is SCCCCc1ccc2cc(Br)ccc2c1. The van der Waals surface area contributed by atoms with Crippen LogP contribution in [0.15, 0.2) is 40.9 Å². The van der Waals surface area contributed by atoms with Crippen molar-refractivity contribution in [1.29, 1.82) is 0 Å². The second kappa shape index (κ2) is 5.74. The van der Waals surface area contributed by atoms with Gasteiger partial charge in [-0.2, -0.15) is 12.6 Å². The maximum Gasteiger partial charge on any atom is 0.0181 e. The van der Waals surface area contributed by atoms with E-state index in [0.29, 0.717) is 0 Å². The van der Waals surface area contributed by atoms with Crippen molar-refractivity contribution < 1.29 is 0 Å². The Morgan fingerprint density at radius 3 is 2.50 bits per heavy atom. The van der Waals surface area contributed by atoms with E-state index in [9.17, 15) is 0 Å². The summed E-state index contributed by atoms with van der Waals surface area (Å²) in [5, 5.41) is 2.62. The van der Waals surface area contributed by atoms with Gasteiger partial charge in [-0.1, -0.05) is 40.2 Å². The summed E-state index contributed by atoms with van der Waals surface area (Å²) in [5.74, 6) is 0.987. The van der Waals surface area contributed by atoms with E-state index >= 15 is 0 Å². The average molecular weight is 295 g/mol. The van der Waals surface area contributed by atoms with E-state index < -0.39 is 0 Å². The number of unbranched alkanes of at least 4 members (excludes halogenated alkanes) is 1. The molecule has 84 valence electrons. The highest BCUT2D eigenvalue weighted by Gasteiger charge is 1.97. The fraction of sp³-hybridized carbons (Fsp3) is 0.286. The maximum absolute atomic E-state index is 4.23. The van der Waals surface area contributed by atoms with Crippen LogP contribution in [0.4, 0.5) is 0 Å². The Hall–Kier alpha value is -0.470. The normalized spacial score (nSPS) is 10.9. The summed E-state index contributed by atoms with van der Waals surface area (Å²) in [5.41, 5.74) is 1.43. The first kappa shape index (κ1) is 12.0. The van der Waals surface area contributed by atoms with Gasteiger partial charge in [0.05, 0.1) is 0 Å². The fourth-order valence-electron chi connectivity index (χ4n) is 1.86. The van der Waals surface area contributed by atoms with Gasteiger partial charge in [0.1, 0.15) is 0 Å². The number of rotatable bonds is 4. The molecule has 2 heteroatoms. The molecule has 0 aromatic heterocycles. The van der Waals surface area contributed by atoms with Gasteiger partial charge in [0.15, 0.2) is 0 Å². The molecule has 2 rings (SSSR count). The van der Waals surface area contributed by atoms with E-state index in [-0.39, 0.29) is 0 Å². The quantitative estimate of drug-likeness (QED) is 0.604. The van der Waals surface area contributed by atoms with Gasteiger partial charge in [0.2, 0.25) is 0 Å². The van der Waals surface area contributed by atoms with Crippen LogP contribution in [0.3, 0.4) is 0 Å². The minimum absolute atomic E-state index is 0.987. The van der Waals surface area contributed by atoms with Crippen LogP contribution < -0.4 is 0 Å². The van der Waals surface area contributed by atoms with Crippen molar-refractivity contribution in [2.75, 3.05) is 5.75 Å². The van der Waals surface area contributed by atoms with E-state index in [1.807, 2.05) is 0 Å². The number of aryl methyl sites for hydroxylation is 1. The van der Waals surface area contributed by atoms with Crippen LogP contribution in [-0.2, 0) is 6.42 Å². The predicted molar refractivity (Wildman–Crippen MR) is 78.4 cm³/mol. The molecule has 0 aliphatic heterocycles. The van der Waals surface area contributed by atoms with E-state index in [0.717, 1.165) is 16.6 Å². The third-order valence-electron chi connectivity index (χ3n) is 2.74. The first-order valence-corrected chi connectivity index (χ1v) is 7.01. The van der Waals surface area contributed by atoms with Crippen LogP contribution >= 0.6 is 28.6 Å². The summed E-state index contributed by atoms with van der Waals surface area (Å²) in [7, 11) is 0. The van der Waals surface area contributed by atoms with Gasteiger partial charge < -0.3 is 0 Å². The van der Waals surface area contributed by atoms with Crippen LogP contribution in [-0.4, -0.2) is 5.75 Å². The Labute approximate surface area is 111 Å². The molecular formula is C14H15BrS. The number of fused-ring (bicyclic) bond motifs is 1. The second-order valence-electron chi connectivity index (χ2n) is 4.01. The maximum atomic E-state index is 4.23. The molecule has 0 nitrogen and oxygen atoms in total. The molecule has 2 aromatic carbocycles. The van der Waals surface area contributed by atoms with Gasteiger partial charge in [-0.3, -0.25) is 0 Å². The van der Waals surface area contributed by atoms with Gasteiger partial charge in [0, 0.05) is 4.47 Å². The molecule has 0 saturated heterocycles. The zero-order chi connectivity index (χ0) is 11.4. The Morgan fingerprint density at radius 1 is 0.938 bits per heavy atom. The third kappa shape index (κ3) is 3.02. The molecule has 0 radical (unpaired) electrons. The molecule has 0 fully saturated rings. The largest absolute Gasteiger partial charge is 0.179 e. The van der Waals surface area contributed by atoms with E-state index in [4.69, 9.17) is 0 Å². The number of hydrogen-bond donors (Lipinski definition) is 1. The number of hydrogen-bond acceptors (Lipinski definition) is 1. The average Bonchev–Trinajstić information content (AvgIpc) is 2.29. The second-order valence-corrected chi connectivity index (χ2v) is 5.37. The van der Waals surface area contributed by atoms with Gasteiger partial charge in [-0.05, 0) is 53.5 Å². The zero-order valence-electron chi connectivity index (χ0n) is 9.12. The topological polar surface area (TPSA) is 0 Å². The molecule has 0 unspecified atom stereocenters. The lowest BCUT2D eigenvalue weighted by Crippen LogP contribution is -1.86. The molecule has 0 aliphatic carbocycles. The number of thiol groups is 1. The molecule has 0 saturated carbocycles. The Bertz CT molecular complexity index is 479. The fourth-order valence-corrected chi connectivity index (χ4v) is 2.46. The molecule has 0 amide bonds. The van der Waals surface area contributed by atoms with Crippen molar-refractivity contribution in [3.05, 3.63) is 46.4 Å². The molecule has 0 atom stereocenters. The van der Waals surface area contributed by atoms with Crippen molar-refractivity contribution in [3.8, 4) is 0 Å². The van der Waals surface area contributed by atoms with Crippen molar-refractivity contribution >= 4 is 39.3 Å². The summed E-state index contributed by atoms with van der Waals surface area (Å²) < 4.78 is 1.14. The monoisotopic (exact) mass is 294 g/mol. The van der Waals surface area contributed by atoms with Crippen LogP contribution in [0.25, 0.3) is 10.8 Å². The zero-order valence-corrected chi connectivity index (χ0v) is 11.6. The number of halogens is 1. The standard InChI is InChI=1S/C14H15BrS/c15-14-7-6-12-9-11(3-1-2-8-16)4-5-13(12)10-14/h4-7,9-10,16H,1-3,8H2. The molecule has 16 heavy (non-hydrogen) atoms. The molecule has 0 aliphatic rings. The van der Waals surface area contributed by atoms with E-state index in [1.54, 1.807) is 0 Å². The van der Waals surface area contributed by atoms with Gasteiger partial charge in [0.25, 0.3) is 0 Å². The van der Waals surface area contributed by atoms with Crippen LogP contribution in [0.5, 0.6) is 0 Å². The van der Waals surface area contributed by atoms with Gasteiger partial charge in [-0.25, -0.2) is 0 Å². The summed E-state index contributed by atoms with van der Waals surface area (Å²) in [6.07, 6.45) is 3.58. The number of benzene rings is 2. The highest BCUT2D eigenvalue weighted by atomic mass is 79.9. The summed E-state index contributed by atoms with van der Waals surface area (Å²) >= 11 is 7.73. The van der Waals surface area contributed by atoms with E-state index in [2.05, 4.69) is 65.0 Å². The third-order valence-corrected chi connectivity index (χ3v) is 3.55. The Morgan fingerprint density at radius 2 is 1.69 bits per heavy atom. The lowest BCUT2D eigenvalue weighted by molar-refractivity contribution is 0.805. The van der Waals surface area contributed by atoms with Crippen molar-refractivity contribution in [3.63, 3.8) is 0 Å². The Kier molecular flexibility index (Phi) is 4.30. The van der Waals surface area contributed by atoms with Gasteiger partial charge in [-0.15, -0.1) is 0 Å². The van der Waals surface area contributed by atoms with E-state index in [1.165, 1.54) is 29.2 Å². The van der Waals surface area contributed by atoms with Crippen molar-refractivity contribution in [1.82, 2.24) is 0 Å². The summed E-state index contributed by atoms with van der Waals surface area (Å²) in [6, 6.07) is 13.2.